The molecule has 0 aliphatic carbocycles. The third-order valence-electron chi connectivity index (χ3n) is 4.54. The first-order valence-corrected chi connectivity index (χ1v) is 10.0. The zero-order valence-electron chi connectivity index (χ0n) is 15.0. The molecule has 0 aliphatic rings. The molecule has 132 valence electrons. The molecule has 3 aromatic carbocycles. The van der Waals surface area contributed by atoms with Crippen LogP contribution < -0.4 is 0 Å². The number of hydrogen-bond acceptors (Lipinski definition) is 2. The van der Waals surface area contributed by atoms with Crippen molar-refractivity contribution in [2.75, 3.05) is 0 Å². The van der Waals surface area contributed by atoms with Crippen molar-refractivity contribution in [1.82, 2.24) is 0 Å². The molecule has 0 N–H and O–H groups in total. The Morgan fingerprint density at radius 2 is 1.33 bits per heavy atom. The normalized spacial score (nSPS) is 12.7. The van der Waals surface area contributed by atoms with Crippen molar-refractivity contribution in [3.05, 3.63) is 130 Å². The highest BCUT2D eigenvalue weighted by Crippen LogP contribution is 2.26. The minimum absolute atomic E-state index is 0.0749. The third-order valence-corrected chi connectivity index (χ3v) is 5.42. The van der Waals surface area contributed by atoms with Gasteiger partial charge in [0.2, 0.25) is 0 Å². The molecule has 0 unspecified atom stereocenters. The van der Waals surface area contributed by atoms with Gasteiger partial charge in [-0.2, -0.15) is 0 Å². The summed E-state index contributed by atoms with van der Waals surface area (Å²) >= 11 is 1.74. The first-order valence-electron chi connectivity index (χ1n) is 9.16. The largest absolute Gasteiger partial charge is 0.275 e. The summed E-state index contributed by atoms with van der Waals surface area (Å²) in [5.74, 6) is 0. The van der Waals surface area contributed by atoms with Crippen LogP contribution >= 0.6 is 11.3 Å². The van der Waals surface area contributed by atoms with Gasteiger partial charge in [0.25, 0.3) is 0 Å². The van der Waals surface area contributed by atoms with E-state index in [4.69, 9.17) is 4.99 Å². The van der Waals surface area contributed by atoms with Gasteiger partial charge in [-0.15, -0.1) is 11.3 Å². The second-order valence-electron chi connectivity index (χ2n) is 6.44. The van der Waals surface area contributed by atoms with Gasteiger partial charge < -0.3 is 0 Å². The van der Waals surface area contributed by atoms with Gasteiger partial charge in [0, 0.05) is 5.56 Å². The van der Waals surface area contributed by atoms with E-state index in [1.807, 2.05) is 6.07 Å². The van der Waals surface area contributed by atoms with Crippen LogP contribution in [0.25, 0.3) is 0 Å². The second-order valence-corrected chi connectivity index (χ2v) is 7.38. The molecule has 4 aromatic rings. The van der Waals surface area contributed by atoms with Gasteiger partial charge in [-0.3, -0.25) is 4.99 Å². The number of benzene rings is 3. The van der Waals surface area contributed by atoms with Crippen LogP contribution in [0.15, 0.2) is 114 Å². The molecule has 1 atom stereocenters. The number of rotatable bonds is 6. The lowest BCUT2D eigenvalue weighted by molar-refractivity contribution is 0.725. The van der Waals surface area contributed by atoms with E-state index < -0.39 is 0 Å². The van der Waals surface area contributed by atoms with Crippen molar-refractivity contribution in [3.63, 3.8) is 0 Å². The van der Waals surface area contributed by atoms with Crippen LogP contribution in [0, 0.1) is 0 Å². The highest BCUT2D eigenvalue weighted by atomic mass is 32.1. The molecule has 0 spiro atoms. The van der Waals surface area contributed by atoms with Crippen LogP contribution in [0.5, 0.6) is 0 Å². The Morgan fingerprint density at radius 1 is 0.704 bits per heavy atom. The fraction of sp³-hybridized carbons (Fsp3) is 0.0800. The van der Waals surface area contributed by atoms with Crippen LogP contribution in [0.1, 0.15) is 27.6 Å². The summed E-state index contributed by atoms with van der Waals surface area (Å²) in [6.07, 6.45) is 0.882. The molecule has 1 nitrogen and oxygen atoms in total. The SMILES string of the molecule is c1ccc(C[C@@H](N=C(c2ccccc2)c2cccs2)c2ccccc2)cc1. The first-order chi connectivity index (χ1) is 13.4. The minimum Gasteiger partial charge on any atom is -0.275 e. The van der Waals surface area contributed by atoms with Crippen LogP contribution in [0.3, 0.4) is 0 Å². The molecule has 27 heavy (non-hydrogen) atoms. The monoisotopic (exact) mass is 367 g/mol. The summed E-state index contributed by atoms with van der Waals surface area (Å²) in [5.41, 5.74) is 4.77. The average Bonchev–Trinajstić information content (AvgIpc) is 3.28. The lowest BCUT2D eigenvalue weighted by Crippen LogP contribution is -2.08. The smallest absolute Gasteiger partial charge is 0.0826 e. The summed E-state index contributed by atoms with van der Waals surface area (Å²) in [7, 11) is 0. The number of thiophene rings is 1. The molecule has 0 amide bonds. The number of aliphatic imine (C=N–C) groups is 1. The molecule has 0 radical (unpaired) electrons. The zero-order chi connectivity index (χ0) is 18.3. The van der Waals surface area contributed by atoms with Gasteiger partial charge in [-0.25, -0.2) is 0 Å². The van der Waals surface area contributed by atoms with Crippen molar-refractivity contribution in [2.45, 2.75) is 12.5 Å². The minimum atomic E-state index is 0.0749. The van der Waals surface area contributed by atoms with Gasteiger partial charge in [0.05, 0.1) is 16.6 Å². The molecular weight excluding hydrogens is 346 g/mol. The summed E-state index contributed by atoms with van der Waals surface area (Å²) in [6.45, 7) is 0. The Labute approximate surface area is 164 Å². The second kappa shape index (κ2) is 8.61. The van der Waals surface area contributed by atoms with Crippen LogP contribution in [-0.4, -0.2) is 5.71 Å². The molecule has 0 bridgehead atoms. The molecule has 1 aromatic heterocycles. The fourth-order valence-electron chi connectivity index (χ4n) is 3.20. The van der Waals surface area contributed by atoms with E-state index in [1.165, 1.54) is 16.0 Å². The standard InChI is InChI=1S/C25H21NS/c1-4-11-20(12-5-1)19-23(21-13-6-2-7-14-21)26-25(24-17-10-18-27-24)22-15-8-3-9-16-22/h1-18,23H,19H2/t23-/m1/s1. The summed E-state index contributed by atoms with van der Waals surface area (Å²) < 4.78 is 0. The van der Waals surface area contributed by atoms with Gasteiger partial charge in [0.1, 0.15) is 0 Å². The third kappa shape index (κ3) is 4.42. The fourth-order valence-corrected chi connectivity index (χ4v) is 3.94. The van der Waals surface area contributed by atoms with E-state index in [0.29, 0.717) is 0 Å². The van der Waals surface area contributed by atoms with Crippen LogP contribution in [0.2, 0.25) is 0 Å². The van der Waals surface area contributed by atoms with Crippen molar-refractivity contribution < 1.29 is 0 Å². The Morgan fingerprint density at radius 3 is 1.96 bits per heavy atom. The van der Waals surface area contributed by atoms with Crippen molar-refractivity contribution in [3.8, 4) is 0 Å². The van der Waals surface area contributed by atoms with Crippen LogP contribution in [-0.2, 0) is 6.42 Å². The van der Waals surface area contributed by atoms with Gasteiger partial charge in [0.15, 0.2) is 0 Å². The summed E-state index contributed by atoms with van der Waals surface area (Å²) in [4.78, 5) is 6.49. The van der Waals surface area contributed by atoms with Crippen molar-refractivity contribution >= 4 is 17.0 Å². The Kier molecular flexibility index (Phi) is 5.56. The Bertz CT molecular complexity index is 974. The predicted molar refractivity (Wildman–Crippen MR) is 116 cm³/mol. The Hall–Kier alpha value is -2.97. The van der Waals surface area contributed by atoms with Gasteiger partial charge in [-0.05, 0) is 29.0 Å². The lowest BCUT2D eigenvalue weighted by Gasteiger charge is -2.16. The van der Waals surface area contributed by atoms with E-state index in [1.54, 1.807) is 11.3 Å². The maximum absolute atomic E-state index is 5.28. The molecule has 0 aliphatic heterocycles. The maximum atomic E-state index is 5.28. The topological polar surface area (TPSA) is 12.4 Å². The van der Waals surface area contributed by atoms with E-state index in [-0.39, 0.29) is 6.04 Å². The van der Waals surface area contributed by atoms with E-state index >= 15 is 0 Å². The quantitative estimate of drug-likeness (QED) is 0.342. The van der Waals surface area contributed by atoms with Gasteiger partial charge >= 0.3 is 0 Å². The average molecular weight is 368 g/mol. The molecular formula is C25H21NS. The van der Waals surface area contributed by atoms with E-state index in [0.717, 1.165) is 17.7 Å². The summed E-state index contributed by atoms with van der Waals surface area (Å²) in [5, 5.41) is 2.11. The zero-order valence-corrected chi connectivity index (χ0v) is 15.8. The number of hydrogen-bond donors (Lipinski definition) is 0. The Balaban J connectivity index is 1.79. The molecule has 0 saturated heterocycles. The van der Waals surface area contributed by atoms with Gasteiger partial charge in [-0.1, -0.05) is 97.1 Å². The van der Waals surface area contributed by atoms with E-state index in [9.17, 15) is 0 Å². The number of nitrogens with zero attached hydrogens (tertiary/aromatic N) is 1. The highest BCUT2D eigenvalue weighted by molar-refractivity contribution is 7.12. The highest BCUT2D eigenvalue weighted by Gasteiger charge is 2.15. The van der Waals surface area contributed by atoms with Crippen LogP contribution in [0.4, 0.5) is 0 Å². The lowest BCUT2D eigenvalue weighted by atomic mass is 9.98. The summed E-state index contributed by atoms with van der Waals surface area (Å²) in [6, 6.07) is 36.0. The van der Waals surface area contributed by atoms with Crippen molar-refractivity contribution in [2.24, 2.45) is 4.99 Å². The predicted octanol–water partition coefficient (Wildman–Crippen LogP) is 6.57. The first kappa shape index (κ1) is 17.4. The van der Waals surface area contributed by atoms with Crippen molar-refractivity contribution in [1.29, 1.82) is 0 Å². The molecule has 0 fully saturated rings. The molecule has 1 heterocycles. The molecule has 0 saturated carbocycles. The van der Waals surface area contributed by atoms with E-state index in [2.05, 4.69) is 102 Å². The molecule has 4 rings (SSSR count). The molecule has 2 heteroatoms. The maximum Gasteiger partial charge on any atom is 0.0826 e.